The van der Waals surface area contributed by atoms with Gasteiger partial charge in [0.05, 0.1) is 11.4 Å². The molecule has 1 aliphatic rings. The number of carboxylic acid groups (broad SMARTS) is 1. The largest absolute Gasteiger partial charge is 0.480 e. The van der Waals surface area contributed by atoms with Crippen LogP contribution < -0.4 is 10.1 Å². The van der Waals surface area contributed by atoms with Crippen molar-refractivity contribution in [1.29, 1.82) is 0 Å². The van der Waals surface area contributed by atoms with E-state index in [9.17, 15) is 14.7 Å². The first-order valence-electron chi connectivity index (χ1n) is 10.1. The molecule has 1 aliphatic carbocycles. The van der Waals surface area contributed by atoms with Crippen LogP contribution in [0, 0.1) is 0 Å². The average molecular weight is 482 g/mol. The van der Waals surface area contributed by atoms with Crippen LogP contribution in [0.4, 0.5) is 0 Å². The monoisotopic (exact) mass is 481 g/mol. The number of esters is 1. The highest BCUT2D eigenvalue weighted by molar-refractivity contribution is 8.01. The predicted octanol–water partition coefficient (Wildman–Crippen LogP) is 5.39. The van der Waals surface area contributed by atoms with Gasteiger partial charge in [0.2, 0.25) is 0 Å². The maximum absolute atomic E-state index is 12.0. The van der Waals surface area contributed by atoms with Crippen LogP contribution in [-0.2, 0) is 22.4 Å². The summed E-state index contributed by atoms with van der Waals surface area (Å²) >= 11 is 13.5. The molecule has 1 unspecified atom stereocenters. The standard InChI is InChI=1S/C23H25Cl2NO4S/c1-23(2,22(28)29)31-20-13-14-3-6-17(11-15(14)12-19(20)25)26-10-9-21(27)30-18-7-4-16(24)5-8-18/h4-5,7-8,12-13,17,26H,3,6,9-11H2,1-2H3,(H,28,29). The number of nitrogens with one attached hydrogen (secondary N) is 1. The molecule has 0 heterocycles. The Kier molecular flexibility index (Phi) is 7.92. The van der Waals surface area contributed by atoms with Crippen molar-refractivity contribution in [3.05, 3.63) is 57.6 Å². The lowest BCUT2D eigenvalue weighted by Crippen LogP contribution is -2.36. The number of hydrogen-bond donors (Lipinski definition) is 2. The Morgan fingerprint density at radius 1 is 1.19 bits per heavy atom. The summed E-state index contributed by atoms with van der Waals surface area (Å²) in [4.78, 5) is 24.2. The summed E-state index contributed by atoms with van der Waals surface area (Å²) < 4.78 is 4.35. The van der Waals surface area contributed by atoms with Crippen molar-refractivity contribution in [1.82, 2.24) is 5.32 Å². The molecule has 166 valence electrons. The molecule has 2 aromatic rings. The summed E-state index contributed by atoms with van der Waals surface area (Å²) in [6, 6.07) is 10.9. The van der Waals surface area contributed by atoms with Crippen LogP contribution in [-0.4, -0.2) is 34.4 Å². The molecule has 1 atom stereocenters. The van der Waals surface area contributed by atoms with Gasteiger partial charge in [0.15, 0.2) is 0 Å². The molecule has 0 aliphatic heterocycles. The fourth-order valence-electron chi connectivity index (χ4n) is 3.39. The SMILES string of the molecule is CC(C)(Sc1cc2c(cc1Cl)CC(NCCC(=O)Oc1ccc(Cl)cc1)CC2)C(=O)O. The van der Waals surface area contributed by atoms with Gasteiger partial charge < -0.3 is 15.2 Å². The van der Waals surface area contributed by atoms with Crippen LogP contribution in [0.15, 0.2) is 41.3 Å². The van der Waals surface area contributed by atoms with Gasteiger partial charge in [-0.1, -0.05) is 23.2 Å². The van der Waals surface area contributed by atoms with Gasteiger partial charge in [-0.2, -0.15) is 0 Å². The van der Waals surface area contributed by atoms with E-state index in [4.69, 9.17) is 27.9 Å². The topological polar surface area (TPSA) is 75.6 Å². The van der Waals surface area contributed by atoms with E-state index < -0.39 is 10.7 Å². The summed E-state index contributed by atoms with van der Waals surface area (Å²) in [7, 11) is 0. The molecular formula is C23H25Cl2NO4S. The van der Waals surface area contributed by atoms with Crippen molar-refractivity contribution >= 4 is 46.9 Å². The Morgan fingerprint density at radius 3 is 2.58 bits per heavy atom. The second-order valence-corrected chi connectivity index (χ2v) is 10.5. The number of thioether (sulfide) groups is 1. The maximum atomic E-state index is 12.0. The molecule has 0 amide bonds. The number of carbonyl (C=O) groups is 2. The third-order valence-electron chi connectivity index (χ3n) is 5.17. The Hall–Kier alpha value is -1.73. The highest BCUT2D eigenvalue weighted by Crippen LogP contribution is 2.39. The van der Waals surface area contributed by atoms with Gasteiger partial charge in [-0.25, -0.2) is 0 Å². The minimum atomic E-state index is -0.947. The van der Waals surface area contributed by atoms with E-state index in [0.717, 1.165) is 29.7 Å². The first-order chi connectivity index (χ1) is 14.6. The van der Waals surface area contributed by atoms with Gasteiger partial charge in [0, 0.05) is 22.5 Å². The molecule has 0 radical (unpaired) electrons. The average Bonchev–Trinajstić information content (AvgIpc) is 2.70. The zero-order valence-electron chi connectivity index (χ0n) is 17.4. The second-order valence-electron chi connectivity index (χ2n) is 8.04. The van der Waals surface area contributed by atoms with E-state index >= 15 is 0 Å². The fourth-order valence-corrected chi connectivity index (χ4v) is 4.81. The van der Waals surface area contributed by atoms with Crippen LogP contribution in [0.25, 0.3) is 0 Å². The zero-order chi connectivity index (χ0) is 22.6. The van der Waals surface area contributed by atoms with Gasteiger partial charge in [0.25, 0.3) is 0 Å². The van der Waals surface area contributed by atoms with Crippen molar-refractivity contribution in [3.8, 4) is 5.75 Å². The Bertz CT molecular complexity index is 963. The van der Waals surface area contributed by atoms with Crippen LogP contribution in [0.5, 0.6) is 5.75 Å². The van der Waals surface area contributed by atoms with E-state index in [-0.39, 0.29) is 18.4 Å². The maximum Gasteiger partial charge on any atom is 0.319 e. The van der Waals surface area contributed by atoms with Crippen LogP contribution in [0.1, 0.15) is 37.8 Å². The smallest absolute Gasteiger partial charge is 0.319 e. The summed E-state index contributed by atoms with van der Waals surface area (Å²) in [6.07, 6.45) is 2.90. The third kappa shape index (κ3) is 6.62. The van der Waals surface area contributed by atoms with Gasteiger partial charge in [0.1, 0.15) is 10.5 Å². The summed E-state index contributed by atoms with van der Waals surface area (Å²) in [5.41, 5.74) is 2.36. The van der Waals surface area contributed by atoms with Crippen LogP contribution in [0.3, 0.4) is 0 Å². The Labute approximate surface area is 196 Å². The molecule has 0 fully saturated rings. The van der Waals surface area contributed by atoms with Crippen molar-refractivity contribution in [3.63, 3.8) is 0 Å². The van der Waals surface area contributed by atoms with Gasteiger partial charge in [-0.05, 0) is 80.6 Å². The summed E-state index contributed by atoms with van der Waals surface area (Å²) in [6.45, 7) is 3.88. The molecule has 2 N–H and O–H groups in total. The fraction of sp³-hybridized carbons (Fsp3) is 0.391. The molecule has 2 aromatic carbocycles. The number of aryl methyl sites for hydroxylation is 1. The lowest BCUT2D eigenvalue weighted by molar-refractivity contribution is -0.139. The number of fused-ring (bicyclic) bond motifs is 1. The molecule has 31 heavy (non-hydrogen) atoms. The van der Waals surface area contributed by atoms with Gasteiger partial charge in [-0.15, -0.1) is 11.8 Å². The lowest BCUT2D eigenvalue weighted by Gasteiger charge is -2.27. The number of carbonyl (C=O) groups excluding carboxylic acids is 1. The highest BCUT2D eigenvalue weighted by Gasteiger charge is 2.30. The summed E-state index contributed by atoms with van der Waals surface area (Å²) in [5, 5.41) is 14.0. The number of benzene rings is 2. The Balaban J connectivity index is 1.51. The number of aliphatic carboxylic acids is 1. The minimum Gasteiger partial charge on any atom is -0.480 e. The van der Waals surface area contributed by atoms with E-state index in [1.54, 1.807) is 38.1 Å². The van der Waals surface area contributed by atoms with Crippen molar-refractivity contribution in [2.24, 2.45) is 0 Å². The number of hydrogen-bond acceptors (Lipinski definition) is 5. The van der Waals surface area contributed by atoms with E-state index in [1.165, 1.54) is 17.3 Å². The highest BCUT2D eigenvalue weighted by atomic mass is 35.5. The number of halogens is 2. The van der Waals surface area contributed by atoms with Crippen molar-refractivity contribution in [2.75, 3.05) is 6.54 Å². The molecule has 8 heteroatoms. The van der Waals surface area contributed by atoms with Gasteiger partial charge in [-0.3, -0.25) is 9.59 Å². The number of rotatable bonds is 8. The Morgan fingerprint density at radius 2 is 1.90 bits per heavy atom. The molecule has 5 nitrogen and oxygen atoms in total. The van der Waals surface area contributed by atoms with E-state index in [1.807, 2.05) is 12.1 Å². The van der Waals surface area contributed by atoms with E-state index in [0.29, 0.717) is 22.3 Å². The molecular weight excluding hydrogens is 457 g/mol. The van der Waals surface area contributed by atoms with Crippen LogP contribution >= 0.6 is 35.0 Å². The van der Waals surface area contributed by atoms with Gasteiger partial charge >= 0.3 is 11.9 Å². The van der Waals surface area contributed by atoms with Crippen LogP contribution in [0.2, 0.25) is 10.0 Å². The first-order valence-corrected chi connectivity index (χ1v) is 11.6. The molecule has 0 bridgehead atoms. The predicted molar refractivity (Wildman–Crippen MR) is 125 cm³/mol. The van der Waals surface area contributed by atoms with Crippen molar-refractivity contribution in [2.45, 2.75) is 55.2 Å². The van der Waals surface area contributed by atoms with Crippen molar-refractivity contribution < 1.29 is 19.4 Å². The quantitative estimate of drug-likeness (QED) is 0.299. The lowest BCUT2D eigenvalue weighted by atomic mass is 9.88. The molecule has 3 rings (SSSR count). The third-order valence-corrected chi connectivity index (χ3v) is 7.09. The molecule has 0 saturated heterocycles. The molecule has 0 saturated carbocycles. The first kappa shape index (κ1) is 23.9. The second kappa shape index (κ2) is 10.3. The summed E-state index contributed by atoms with van der Waals surface area (Å²) in [5.74, 6) is -0.683. The normalized spacial score (nSPS) is 15.9. The number of carboxylic acids is 1. The van der Waals surface area contributed by atoms with E-state index in [2.05, 4.69) is 5.32 Å². The molecule has 0 aromatic heterocycles. The zero-order valence-corrected chi connectivity index (χ0v) is 19.7. The number of ether oxygens (including phenoxy) is 1. The molecule has 0 spiro atoms. The minimum absolute atomic E-state index is 0.251.